The molecule has 1 amide bonds. The van der Waals surface area contributed by atoms with Gasteiger partial charge in [-0.05, 0) is 48.9 Å². The van der Waals surface area contributed by atoms with E-state index >= 15 is 0 Å². The predicted octanol–water partition coefficient (Wildman–Crippen LogP) is 2.19. The van der Waals surface area contributed by atoms with Crippen LogP contribution in [0.4, 0.5) is 0 Å². The molecule has 162 valence electrons. The van der Waals surface area contributed by atoms with E-state index in [-0.39, 0.29) is 17.8 Å². The van der Waals surface area contributed by atoms with Crippen LogP contribution in [-0.4, -0.2) is 49.9 Å². The van der Waals surface area contributed by atoms with E-state index in [1.165, 1.54) is 0 Å². The smallest absolute Gasteiger partial charge is 0.309 e. The Morgan fingerprint density at radius 2 is 2.09 bits per heavy atom. The standard InChI is InChI=1S/C18H16N6O2.C4H6N2/c19-8-11-1-4-14(12-2-3-12)15(7-11)17-22-23-18(26-17)16(25)21-13-5-6-24(9-13)10-20;1-6-4-2-3-5-6/h1,4,7,12-13H,2-3,5-6,9H2,(H,21,25);2-4H,1H3. The number of rotatable bonds is 4. The Labute approximate surface area is 185 Å². The zero-order valence-corrected chi connectivity index (χ0v) is 17.6. The van der Waals surface area contributed by atoms with Crippen LogP contribution in [0.5, 0.6) is 0 Å². The molecule has 2 fully saturated rings. The van der Waals surface area contributed by atoms with Crippen molar-refractivity contribution in [3.05, 3.63) is 53.7 Å². The molecule has 0 bridgehead atoms. The maximum atomic E-state index is 12.3. The second-order valence-corrected chi connectivity index (χ2v) is 7.79. The zero-order chi connectivity index (χ0) is 22.5. The van der Waals surface area contributed by atoms with Crippen molar-refractivity contribution in [2.24, 2.45) is 7.05 Å². The molecular weight excluding hydrogens is 408 g/mol. The van der Waals surface area contributed by atoms with E-state index in [1.807, 2.05) is 25.4 Å². The first-order valence-corrected chi connectivity index (χ1v) is 10.3. The number of nitrogens with one attached hydrogen (secondary N) is 1. The van der Waals surface area contributed by atoms with Crippen molar-refractivity contribution in [3.8, 4) is 23.7 Å². The van der Waals surface area contributed by atoms with E-state index in [0.29, 0.717) is 31.0 Å². The average Bonchev–Trinajstić information content (AvgIpc) is 3.18. The SMILES string of the molecule is Cn1cccn1.N#Cc1ccc(C2CC2)c(-c2nnc(C(=O)NC3CCN(C#N)C3)o2)c1. The summed E-state index contributed by atoms with van der Waals surface area (Å²) in [6.07, 6.45) is 8.60. The van der Waals surface area contributed by atoms with E-state index in [0.717, 1.165) is 24.0 Å². The summed E-state index contributed by atoms with van der Waals surface area (Å²) in [5.41, 5.74) is 2.30. The summed E-state index contributed by atoms with van der Waals surface area (Å²) in [6.45, 7) is 1.11. The Kier molecular flexibility index (Phi) is 6.13. The Balaban J connectivity index is 0.000000354. The van der Waals surface area contributed by atoms with Crippen molar-refractivity contribution in [3.63, 3.8) is 0 Å². The zero-order valence-electron chi connectivity index (χ0n) is 17.6. The van der Waals surface area contributed by atoms with Crippen LogP contribution in [0, 0.1) is 22.8 Å². The summed E-state index contributed by atoms with van der Waals surface area (Å²) in [6, 6.07) is 9.32. The number of hydrogen-bond acceptors (Lipinski definition) is 8. The van der Waals surface area contributed by atoms with Gasteiger partial charge in [-0.15, -0.1) is 10.2 Å². The van der Waals surface area contributed by atoms with Gasteiger partial charge in [0.05, 0.1) is 11.6 Å². The average molecular weight is 430 g/mol. The van der Waals surface area contributed by atoms with Crippen molar-refractivity contribution in [2.45, 2.75) is 31.2 Å². The maximum Gasteiger partial charge on any atom is 0.309 e. The van der Waals surface area contributed by atoms with Gasteiger partial charge < -0.3 is 14.6 Å². The van der Waals surface area contributed by atoms with Gasteiger partial charge in [0.2, 0.25) is 5.89 Å². The lowest BCUT2D eigenvalue weighted by Crippen LogP contribution is -2.36. The van der Waals surface area contributed by atoms with Gasteiger partial charge in [-0.3, -0.25) is 9.48 Å². The lowest BCUT2D eigenvalue weighted by molar-refractivity contribution is 0.0904. The van der Waals surface area contributed by atoms with Crippen LogP contribution in [0.25, 0.3) is 11.5 Å². The first-order chi connectivity index (χ1) is 15.6. The Hall–Kier alpha value is -4.18. The molecule has 1 saturated heterocycles. The molecule has 1 aliphatic heterocycles. The van der Waals surface area contributed by atoms with Crippen molar-refractivity contribution >= 4 is 5.91 Å². The molecule has 1 aliphatic carbocycles. The predicted molar refractivity (Wildman–Crippen MR) is 113 cm³/mol. The van der Waals surface area contributed by atoms with E-state index in [1.54, 1.807) is 27.9 Å². The number of nitrogens with zero attached hydrogens (tertiary/aromatic N) is 7. The molecule has 1 unspecified atom stereocenters. The third kappa shape index (κ3) is 4.93. The second kappa shape index (κ2) is 9.31. The fourth-order valence-electron chi connectivity index (χ4n) is 3.55. The number of hydrogen-bond donors (Lipinski definition) is 1. The number of benzene rings is 1. The van der Waals surface area contributed by atoms with Crippen molar-refractivity contribution in [1.29, 1.82) is 10.5 Å². The summed E-state index contributed by atoms with van der Waals surface area (Å²) in [5.74, 6) is 0.133. The topological polar surface area (TPSA) is 137 Å². The van der Waals surface area contributed by atoms with Crippen molar-refractivity contribution in [1.82, 2.24) is 30.2 Å². The first kappa shape index (κ1) is 21.1. The molecule has 1 aromatic carbocycles. The third-order valence-corrected chi connectivity index (χ3v) is 5.35. The van der Waals surface area contributed by atoms with E-state index in [4.69, 9.17) is 14.9 Å². The van der Waals surface area contributed by atoms with Crippen molar-refractivity contribution in [2.75, 3.05) is 13.1 Å². The Bertz CT molecular complexity index is 1170. The number of carbonyl (C=O) groups is 1. The lowest BCUT2D eigenvalue weighted by Gasteiger charge is -2.10. The van der Waals surface area contributed by atoms with Gasteiger partial charge in [-0.25, -0.2) is 0 Å². The first-order valence-electron chi connectivity index (χ1n) is 10.3. The molecule has 0 radical (unpaired) electrons. The van der Waals surface area contributed by atoms with Gasteiger partial charge in [-0.2, -0.15) is 15.6 Å². The van der Waals surface area contributed by atoms with Crippen LogP contribution in [0.1, 0.15) is 47.0 Å². The third-order valence-electron chi connectivity index (χ3n) is 5.35. The highest BCUT2D eigenvalue weighted by Gasteiger charge is 2.29. The van der Waals surface area contributed by atoms with Gasteiger partial charge in [0, 0.05) is 44.1 Å². The largest absolute Gasteiger partial charge is 0.412 e. The molecule has 10 heteroatoms. The van der Waals surface area contributed by atoms with Gasteiger partial charge >= 0.3 is 11.8 Å². The molecule has 1 atom stereocenters. The number of aryl methyl sites for hydroxylation is 1. The second-order valence-electron chi connectivity index (χ2n) is 7.79. The minimum Gasteiger partial charge on any atom is -0.412 e. The van der Waals surface area contributed by atoms with Crippen LogP contribution in [0.3, 0.4) is 0 Å². The summed E-state index contributed by atoms with van der Waals surface area (Å²) in [4.78, 5) is 13.9. The fraction of sp³-hybridized carbons (Fsp3) is 0.364. The Morgan fingerprint density at radius 3 is 2.69 bits per heavy atom. The molecule has 3 aromatic rings. The van der Waals surface area contributed by atoms with Crippen LogP contribution < -0.4 is 5.32 Å². The monoisotopic (exact) mass is 430 g/mol. The molecule has 1 saturated carbocycles. The molecule has 3 heterocycles. The molecule has 32 heavy (non-hydrogen) atoms. The van der Waals surface area contributed by atoms with Gasteiger partial charge in [0.25, 0.3) is 0 Å². The minimum absolute atomic E-state index is 0.110. The maximum absolute atomic E-state index is 12.3. The highest BCUT2D eigenvalue weighted by molar-refractivity contribution is 5.90. The van der Waals surface area contributed by atoms with Gasteiger partial charge in [-0.1, -0.05) is 6.07 Å². The van der Waals surface area contributed by atoms with Crippen molar-refractivity contribution < 1.29 is 9.21 Å². The molecule has 10 nitrogen and oxygen atoms in total. The minimum atomic E-state index is -0.446. The van der Waals surface area contributed by atoms with E-state index < -0.39 is 5.91 Å². The number of likely N-dealkylation sites (tertiary alicyclic amines) is 1. The van der Waals surface area contributed by atoms with Gasteiger partial charge in [0.1, 0.15) is 0 Å². The summed E-state index contributed by atoms with van der Waals surface area (Å²) in [5, 5.41) is 32.5. The fourth-order valence-corrected chi connectivity index (χ4v) is 3.55. The molecule has 2 aliphatic rings. The summed E-state index contributed by atoms with van der Waals surface area (Å²) in [7, 11) is 1.89. The Morgan fingerprint density at radius 1 is 1.25 bits per heavy atom. The molecule has 2 aromatic heterocycles. The normalized spacial score (nSPS) is 17.1. The number of carbonyl (C=O) groups excluding carboxylic acids is 1. The highest BCUT2D eigenvalue weighted by atomic mass is 16.4. The van der Waals surface area contributed by atoms with E-state index in [2.05, 4.69) is 32.9 Å². The van der Waals surface area contributed by atoms with E-state index in [9.17, 15) is 4.79 Å². The summed E-state index contributed by atoms with van der Waals surface area (Å²) < 4.78 is 7.34. The van der Waals surface area contributed by atoms with Crippen LogP contribution in [-0.2, 0) is 7.05 Å². The highest BCUT2D eigenvalue weighted by Crippen LogP contribution is 2.44. The van der Waals surface area contributed by atoms with Gasteiger partial charge in [0.15, 0.2) is 6.19 Å². The molecule has 0 spiro atoms. The van der Waals surface area contributed by atoms with Crippen LogP contribution >= 0.6 is 0 Å². The quantitative estimate of drug-likeness (QED) is 0.622. The summed E-state index contributed by atoms with van der Waals surface area (Å²) >= 11 is 0. The van der Waals surface area contributed by atoms with Crippen LogP contribution in [0.15, 0.2) is 41.1 Å². The lowest BCUT2D eigenvalue weighted by atomic mass is 10.0. The number of amides is 1. The number of nitriles is 2. The van der Waals surface area contributed by atoms with Crippen LogP contribution in [0.2, 0.25) is 0 Å². The molecule has 5 rings (SSSR count). The molecular formula is C22H22N8O2. The molecule has 1 N–H and O–H groups in total. The number of aromatic nitrogens is 4.